The van der Waals surface area contributed by atoms with Crippen LogP contribution in [0.5, 0.6) is 0 Å². The van der Waals surface area contributed by atoms with E-state index in [1.54, 1.807) is 0 Å². The van der Waals surface area contributed by atoms with E-state index in [0.717, 1.165) is 33.1 Å². The molecular formula is C20H34O8. The van der Waals surface area contributed by atoms with E-state index in [2.05, 4.69) is 11.7 Å². The second kappa shape index (κ2) is 14.0. The fourth-order valence-electron chi connectivity index (χ4n) is 3.14. The van der Waals surface area contributed by atoms with E-state index in [1.165, 1.54) is 32.1 Å². The van der Waals surface area contributed by atoms with Crippen molar-refractivity contribution in [3.05, 3.63) is 0 Å². The molecule has 0 saturated heterocycles. The van der Waals surface area contributed by atoms with Crippen LogP contribution in [0.2, 0.25) is 0 Å². The number of carbonyl (C=O) groups is 4. The van der Waals surface area contributed by atoms with Crippen molar-refractivity contribution in [3.8, 4) is 0 Å². The number of unbranched alkanes of at least 4 members (excludes halogenated alkanes) is 9. The lowest BCUT2D eigenvalue weighted by molar-refractivity contribution is -0.206. The standard InChI is InChI=1S/C20H34O8/c1-4-5-6-7-8-9-10-11-12-13-14-20(19(25)26,28-16(3)22)17(18(23)24)27-15(2)21/h17H,4-14H2,1-3H3,(H,23,24)(H,25,26)/t17-,20+/m0/s1. The van der Waals surface area contributed by atoms with Gasteiger partial charge in [-0.1, -0.05) is 64.7 Å². The van der Waals surface area contributed by atoms with Crippen LogP contribution < -0.4 is 0 Å². The first-order valence-electron chi connectivity index (χ1n) is 10.00. The Hall–Kier alpha value is -2.12. The van der Waals surface area contributed by atoms with E-state index in [4.69, 9.17) is 4.74 Å². The van der Waals surface area contributed by atoms with Gasteiger partial charge in [-0.15, -0.1) is 0 Å². The third kappa shape index (κ3) is 9.71. The lowest BCUT2D eigenvalue weighted by Gasteiger charge is -2.33. The second-order valence-electron chi connectivity index (χ2n) is 7.05. The highest BCUT2D eigenvalue weighted by Crippen LogP contribution is 2.28. The fourth-order valence-corrected chi connectivity index (χ4v) is 3.14. The Balaban J connectivity index is 4.78. The Labute approximate surface area is 166 Å². The highest BCUT2D eigenvalue weighted by molar-refractivity contribution is 5.91. The number of rotatable bonds is 16. The first-order chi connectivity index (χ1) is 13.2. The number of hydrogen-bond donors (Lipinski definition) is 2. The monoisotopic (exact) mass is 402 g/mol. The number of carbonyl (C=O) groups excluding carboxylic acids is 2. The minimum Gasteiger partial charge on any atom is -0.478 e. The zero-order chi connectivity index (χ0) is 21.6. The molecule has 0 heterocycles. The summed E-state index contributed by atoms with van der Waals surface area (Å²) in [5, 5.41) is 19.0. The molecule has 0 bridgehead atoms. The summed E-state index contributed by atoms with van der Waals surface area (Å²) in [6.45, 7) is 4.13. The van der Waals surface area contributed by atoms with Crippen LogP contribution in [0, 0.1) is 0 Å². The van der Waals surface area contributed by atoms with E-state index in [1.807, 2.05) is 0 Å². The van der Waals surface area contributed by atoms with Crippen LogP contribution in [0.25, 0.3) is 0 Å². The predicted molar refractivity (Wildman–Crippen MR) is 102 cm³/mol. The second-order valence-corrected chi connectivity index (χ2v) is 7.05. The molecule has 0 fully saturated rings. The Bertz CT molecular complexity index is 516. The minimum absolute atomic E-state index is 0.247. The van der Waals surface area contributed by atoms with Gasteiger partial charge in [-0.05, 0) is 6.42 Å². The number of aliphatic carboxylic acids is 2. The van der Waals surface area contributed by atoms with Crippen LogP contribution in [0.15, 0.2) is 0 Å². The van der Waals surface area contributed by atoms with E-state index < -0.39 is 35.6 Å². The van der Waals surface area contributed by atoms with Gasteiger partial charge in [-0.2, -0.15) is 0 Å². The van der Waals surface area contributed by atoms with Gasteiger partial charge in [-0.25, -0.2) is 9.59 Å². The molecule has 0 unspecified atom stereocenters. The maximum Gasteiger partial charge on any atom is 0.352 e. The maximum absolute atomic E-state index is 11.8. The van der Waals surface area contributed by atoms with Crippen LogP contribution in [0.4, 0.5) is 0 Å². The number of ether oxygens (including phenoxy) is 2. The van der Waals surface area contributed by atoms with Crippen molar-refractivity contribution in [1.29, 1.82) is 0 Å². The molecule has 8 nitrogen and oxygen atoms in total. The molecule has 0 aliphatic heterocycles. The van der Waals surface area contributed by atoms with Crippen LogP contribution in [-0.2, 0) is 28.7 Å². The summed E-state index contributed by atoms with van der Waals surface area (Å²) in [7, 11) is 0. The Morgan fingerprint density at radius 1 is 0.786 bits per heavy atom. The first kappa shape index (κ1) is 25.9. The summed E-state index contributed by atoms with van der Waals surface area (Å²) < 4.78 is 9.60. The molecular weight excluding hydrogens is 368 g/mol. The van der Waals surface area contributed by atoms with Gasteiger partial charge in [0.2, 0.25) is 6.10 Å². The number of carboxylic acid groups (broad SMARTS) is 2. The molecule has 0 saturated carbocycles. The smallest absolute Gasteiger partial charge is 0.352 e. The zero-order valence-corrected chi connectivity index (χ0v) is 17.2. The maximum atomic E-state index is 11.8. The molecule has 0 amide bonds. The molecule has 0 aliphatic carbocycles. The highest BCUT2D eigenvalue weighted by atomic mass is 16.6. The SMILES string of the molecule is CCCCCCCCCCCC[C@](OC(C)=O)(C(=O)O)[C@@H](OC(C)=O)C(=O)O. The average molecular weight is 402 g/mol. The van der Waals surface area contributed by atoms with Crippen LogP contribution in [0.3, 0.4) is 0 Å². The molecule has 0 aromatic heterocycles. The summed E-state index contributed by atoms with van der Waals surface area (Å²) in [4.78, 5) is 46.0. The molecule has 0 spiro atoms. The Morgan fingerprint density at radius 3 is 1.61 bits per heavy atom. The van der Waals surface area contributed by atoms with Crippen LogP contribution in [-0.4, -0.2) is 45.8 Å². The van der Waals surface area contributed by atoms with Gasteiger partial charge < -0.3 is 19.7 Å². The zero-order valence-electron chi connectivity index (χ0n) is 17.2. The highest BCUT2D eigenvalue weighted by Gasteiger charge is 2.55. The van der Waals surface area contributed by atoms with Crippen molar-refractivity contribution in [1.82, 2.24) is 0 Å². The van der Waals surface area contributed by atoms with Gasteiger partial charge in [0.15, 0.2) is 0 Å². The van der Waals surface area contributed by atoms with Gasteiger partial charge in [0.25, 0.3) is 5.60 Å². The quantitative estimate of drug-likeness (QED) is 0.295. The Morgan fingerprint density at radius 2 is 1.25 bits per heavy atom. The van der Waals surface area contributed by atoms with Crippen molar-refractivity contribution in [2.24, 2.45) is 0 Å². The molecule has 2 N–H and O–H groups in total. The molecule has 28 heavy (non-hydrogen) atoms. The van der Waals surface area contributed by atoms with Crippen molar-refractivity contribution >= 4 is 23.9 Å². The topological polar surface area (TPSA) is 127 Å². The number of esters is 2. The molecule has 2 atom stereocenters. The van der Waals surface area contributed by atoms with E-state index in [-0.39, 0.29) is 6.42 Å². The third-order valence-corrected chi connectivity index (χ3v) is 4.52. The number of carboxylic acids is 2. The molecule has 0 aliphatic rings. The summed E-state index contributed by atoms with van der Waals surface area (Å²) in [5.41, 5.74) is -2.44. The molecule has 0 rings (SSSR count). The van der Waals surface area contributed by atoms with Gasteiger partial charge in [0.1, 0.15) is 0 Å². The third-order valence-electron chi connectivity index (χ3n) is 4.52. The fraction of sp³-hybridized carbons (Fsp3) is 0.800. The average Bonchev–Trinajstić information content (AvgIpc) is 2.59. The minimum atomic E-state index is -2.44. The van der Waals surface area contributed by atoms with Crippen LogP contribution >= 0.6 is 0 Å². The van der Waals surface area contributed by atoms with Crippen molar-refractivity contribution in [3.63, 3.8) is 0 Å². The van der Waals surface area contributed by atoms with Gasteiger partial charge in [-0.3, -0.25) is 9.59 Å². The largest absolute Gasteiger partial charge is 0.478 e. The van der Waals surface area contributed by atoms with Crippen LogP contribution in [0.1, 0.15) is 91.4 Å². The van der Waals surface area contributed by atoms with E-state index in [9.17, 15) is 29.4 Å². The molecule has 0 aromatic rings. The first-order valence-corrected chi connectivity index (χ1v) is 10.00. The summed E-state index contributed by atoms with van der Waals surface area (Å²) in [5.74, 6) is -5.24. The summed E-state index contributed by atoms with van der Waals surface area (Å²) in [6, 6.07) is 0. The molecule has 8 heteroatoms. The lowest BCUT2D eigenvalue weighted by Crippen LogP contribution is -2.57. The van der Waals surface area contributed by atoms with Crippen molar-refractivity contribution in [2.75, 3.05) is 0 Å². The van der Waals surface area contributed by atoms with Gasteiger partial charge in [0.05, 0.1) is 0 Å². The lowest BCUT2D eigenvalue weighted by atomic mass is 9.89. The van der Waals surface area contributed by atoms with Gasteiger partial charge >= 0.3 is 23.9 Å². The summed E-state index contributed by atoms with van der Waals surface area (Å²) >= 11 is 0. The van der Waals surface area contributed by atoms with E-state index >= 15 is 0 Å². The molecule has 0 radical (unpaired) electrons. The normalized spacial score (nSPS) is 14.0. The molecule has 162 valence electrons. The van der Waals surface area contributed by atoms with Crippen molar-refractivity contribution < 1.29 is 38.9 Å². The van der Waals surface area contributed by atoms with E-state index in [0.29, 0.717) is 12.8 Å². The molecule has 0 aromatic carbocycles. The predicted octanol–water partition coefficient (Wildman–Crippen LogP) is 3.70. The Kier molecular flexibility index (Phi) is 12.9. The van der Waals surface area contributed by atoms with Gasteiger partial charge in [0, 0.05) is 20.3 Å². The summed E-state index contributed by atoms with van der Waals surface area (Å²) in [6.07, 6.45) is 7.70. The number of hydrogen-bond acceptors (Lipinski definition) is 6. The van der Waals surface area contributed by atoms with Crippen molar-refractivity contribution in [2.45, 2.75) is 103 Å².